The van der Waals surface area contributed by atoms with E-state index in [1.165, 1.54) is 0 Å². The van der Waals surface area contributed by atoms with Crippen LogP contribution in [0.15, 0.2) is 46.9 Å². The maximum Gasteiger partial charge on any atom is 0.326 e. The number of aromatic nitrogens is 3. The summed E-state index contributed by atoms with van der Waals surface area (Å²) in [5, 5.41) is 13.3. The van der Waals surface area contributed by atoms with Crippen LogP contribution in [0.3, 0.4) is 0 Å². The number of ether oxygens (including phenoxy) is 1. The first-order valence-corrected chi connectivity index (χ1v) is 7.18. The van der Waals surface area contributed by atoms with Gasteiger partial charge in [0.15, 0.2) is 5.65 Å². The van der Waals surface area contributed by atoms with Crippen LogP contribution in [0, 0.1) is 0 Å². The molecule has 0 radical (unpaired) electrons. The number of nitrogens with zero attached hydrogens (tertiary/aromatic N) is 3. The molecule has 8 heteroatoms. The van der Waals surface area contributed by atoms with Crippen LogP contribution in [0.5, 0.6) is 5.88 Å². The zero-order valence-corrected chi connectivity index (χ0v) is 13.2. The molecule has 2 N–H and O–H groups in total. The molecule has 0 fully saturated rings. The van der Waals surface area contributed by atoms with E-state index in [1.807, 2.05) is 12.1 Å². The molecule has 0 spiro atoms. The van der Waals surface area contributed by atoms with Crippen molar-refractivity contribution in [2.45, 2.75) is 0 Å². The highest BCUT2D eigenvalue weighted by atomic mass is 79.9. The highest BCUT2D eigenvalue weighted by Gasteiger charge is 2.12. The van der Waals surface area contributed by atoms with Crippen molar-refractivity contribution in [2.24, 2.45) is 0 Å². The first kappa shape index (κ1) is 14.3. The summed E-state index contributed by atoms with van der Waals surface area (Å²) in [4.78, 5) is 12.1. The summed E-state index contributed by atoms with van der Waals surface area (Å²) >= 11 is 3.35. The van der Waals surface area contributed by atoms with Crippen LogP contribution in [0.4, 0.5) is 16.4 Å². The number of urea groups is 1. The molecule has 112 valence electrons. The SMILES string of the molecule is COc1cccc2nnc(NC(=O)Nc3cccc(Br)c3)n12. The first-order valence-electron chi connectivity index (χ1n) is 6.39. The topological polar surface area (TPSA) is 80.6 Å². The molecule has 0 bridgehead atoms. The van der Waals surface area contributed by atoms with E-state index >= 15 is 0 Å². The quantitative estimate of drug-likeness (QED) is 0.750. The second-order valence-electron chi connectivity index (χ2n) is 4.37. The minimum absolute atomic E-state index is 0.278. The summed E-state index contributed by atoms with van der Waals surface area (Å²) in [6.07, 6.45) is 0. The zero-order chi connectivity index (χ0) is 15.5. The van der Waals surface area contributed by atoms with Crippen molar-refractivity contribution in [2.75, 3.05) is 17.7 Å². The molecule has 7 nitrogen and oxygen atoms in total. The summed E-state index contributed by atoms with van der Waals surface area (Å²) in [6, 6.07) is 12.2. The number of nitrogens with one attached hydrogen (secondary N) is 2. The number of amides is 2. The predicted octanol–water partition coefficient (Wildman–Crippen LogP) is 3.14. The van der Waals surface area contributed by atoms with Gasteiger partial charge in [-0.05, 0) is 30.3 Å². The number of carbonyl (C=O) groups is 1. The molecule has 0 unspecified atom stereocenters. The summed E-state index contributed by atoms with van der Waals surface area (Å²) < 4.78 is 7.73. The Labute approximate surface area is 134 Å². The Morgan fingerprint density at radius 2 is 2.00 bits per heavy atom. The average molecular weight is 362 g/mol. The Bertz CT molecular complexity index is 833. The van der Waals surface area contributed by atoms with Gasteiger partial charge in [0.25, 0.3) is 0 Å². The molecule has 2 aromatic heterocycles. The van der Waals surface area contributed by atoms with Crippen molar-refractivity contribution >= 4 is 39.2 Å². The third kappa shape index (κ3) is 2.86. The third-order valence-electron chi connectivity index (χ3n) is 2.91. The molecule has 0 saturated carbocycles. The van der Waals surface area contributed by atoms with Crippen molar-refractivity contribution in [3.05, 3.63) is 46.9 Å². The minimum atomic E-state index is -0.418. The number of halogens is 1. The predicted molar refractivity (Wildman–Crippen MR) is 86.3 cm³/mol. The molecule has 2 amide bonds. The number of methoxy groups -OCH3 is 1. The Morgan fingerprint density at radius 3 is 2.77 bits per heavy atom. The zero-order valence-electron chi connectivity index (χ0n) is 11.6. The molecule has 0 aliphatic carbocycles. The van der Waals surface area contributed by atoms with Crippen molar-refractivity contribution in [1.82, 2.24) is 14.6 Å². The lowest BCUT2D eigenvalue weighted by molar-refractivity contribution is 0.262. The molecule has 22 heavy (non-hydrogen) atoms. The summed E-state index contributed by atoms with van der Waals surface area (Å²) in [5.41, 5.74) is 1.24. The van der Waals surface area contributed by atoms with Crippen LogP contribution in [0.1, 0.15) is 0 Å². The maximum atomic E-state index is 12.1. The van der Waals surface area contributed by atoms with E-state index in [4.69, 9.17) is 4.74 Å². The minimum Gasteiger partial charge on any atom is -0.482 e. The van der Waals surface area contributed by atoms with Crippen LogP contribution in [-0.4, -0.2) is 27.7 Å². The number of fused-ring (bicyclic) bond motifs is 1. The van der Waals surface area contributed by atoms with Gasteiger partial charge in [-0.2, -0.15) is 0 Å². The molecule has 0 atom stereocenters. The van der Waals surface area contributed by atoms with Crippen molar-refractivity contribution < 1.29 is 9.53 Å². The number of hydrogen-bond donors (Lipinski definition) is 2. The van der Waals surface area contributed by atoms with Gasteiger partial charge in [0.05, 0.1) is 7.11 Å². The van der Waals surface area contributed by atoms with Gasteiger partial charge >= 0.3 is 6.03 Å². The van der Waals surface area contributed by atoms with Crippen molar-refractivity contribution in [3.8, 4) is 5.88 Å². The summed E-state index contributed by atoms with van der Waals surface area (Å²) in [6.45, 7) is 0. The van der Waals surface area contributed by atoms with Gasteiger partial charge in [-0.1, -0.05) is 28.1 Å². The largest absolute Gasteiger partial charge is 0.482 e. The number of benzene rings is 1. The van der Waals surface area contributed by atoms with Gasteiger partial charge in [-0.15, -0.1) is 10.2 Å². The fourth-order valence-corrected chi connectivity index (χ4v) is 2.38. The molecule has 0 saturated heterocycles. The molecule has 1 aromatic carbocycles. The van der Waals surface area contributed by atoms with E-state index in [1.54, 1.807) is 41.8 Å². The van der Waals surface area contributed by atoms with E-state index in [9.17, 15) is 4.79 Å². The Morgan fingerprint density at radius 1 is 1.18 bits per heavy atom. The number of carbonyl (C=O) groups excluding carboxylic acids is 1. The van der Waals surface area contributed by atoms with E-state index in [0.29, 0.717) is 17.2 Å². The smallest absolute Gasteiger partial charge is 0.326 e. The fraction of sp³-hybridized carbons (Fsp3) is 0.0714. The molecule has 3 aromatic rings. The number of hydrogen-bond acceptors (Lipinski definition) is 4. The first-order chi connectivity index (χ1) is 10.7. The van der Waals surface area contributed by atoms with Crippen LogP contribution in [0.25, 0.3) is 5.65 Å². The van der Waals surface area contributed by atoms with Crippen LogP contribution < -0.4 is 15.4 Å². The highest BCUT2D eigenvalue weighted by Crippen LogP contribution is 2.19. The maximum absolute atomic E-state index is 12.1. The van der Waals surface area contributed by atoms with E-state index < -0.39 is 6.03 Å². The molecule has 0 aliphatic heterocycles. The molecular weight excluding hydrogens is 350 g/mol. The van der Waals surface area contributed by atoms with Gasteiger partial charge < -0.3 is 10.1 Å². The summed E-state index contributed by atoms with van der Waals surface area (Å²) in [5.74, 6) is 0.806. The molecule has 3 rings (SSSR count). The standard InChI is InChI=1S/C14H12BrN5O2/c1-22-12-7-3-6-11-18-19-13(20(11)12)17-14(21)16-10-5-2-4-9(15)8-10/h2-8H,1H3,(H2,16,17,19,21). The second kappa shape index (κ2) is 6.02. The average Bonchev–Trinajstić information content (AvgIpc) is 2.90. The Hall–Kier alpha value is -2.61. The van der Waals surface area contributed by atoms with Crippen LogP contribution in [0.2, 0.25) is 0 Å². The Balaban J connectivity index is 1.82. The van der Waals surface area contributed by atoms with Gasteiger partial charge in [0, 0.05) is 10.2 Å². The van der Waals surface area contributed by atoms with Crippen molar-refractivity contribution in [3.63, 3.8) is 0 Å². The van der Waals surface area contributed by atoms with Crippen LogP contribution in [-0.2, 0) is 0 Å². The van der Waals surface area contributed by atoms with Gasteiger partial charge in [-0.25, -0.2) is 9.20 Å². The fourth-order valence-electron chi connectivity index (χ4n) is 1.98. The van der Waals surface area contributed by atoms with Crippen LogP contribution >= 0.6 is 15.9 Å². The number of rotatable bonds is 3. The summed E-state index contributed by atoms with van der Waals surface area (Å²) in [7, 11) is 1.54. The van der Waals surface area contributed by atoms with E-state index in [0.717, 1.165) is 4.47 Å². The van der Waals surface area contributed by atoms with Gasteiger partial charge in [-0.3, -0.25) is 5.32 Å². The van der Waals surface area contributed by atoms with Crippen molar-refractivity contribution in [1.29, 1.82) is 0 Å². The van der Waals surface area contributed by atoms with Gasteiger partial charge in [0.2, 0.25) is 11.8 Å². The number of pyridine rings is 1. The number of anilines is 2. The lowest BCUT2D eigenvalue weighted by Crippen LogP contribution is -2.21. The highest BCUT2D eigenvalue weighted by molar-refractivity contribution is 9.10. The lowest BCUT2D eigenvalue weighted by Gasteiger charge is -2.08. The third-order valence-corrected chi connectivity index (χ3v) is 3.40. The second-order valence-corrected chi connectivity index (χ2v) is 5.29. The lowest BCUT2D eigenvalue weighted by atomic mass is 10.3. The van der Waals surface area contributed by atoms with E-state index in [-0.39, 0.29) is 5.95 Å². The van der Waals surface area contributed by atoms with Gasteiger partial charge in [0.1, 0.15) is 0 Å². The monoisotopic (exact) mass is 361 g/mol. The normalized spacial score (nSPS) is 10.5. The Kier molecular flexibility index (Phi) is 3.92. The van der Waals surface area contributed by atoms with E-state index in [2.05, 4.69) is 36.8 Å². The molecule has 2 heterocycles. The molecular formula is C14H12BrN5O2. The molecule has 0 aliphatic rings.